The van der Waals surface area contributed by atoms with Crippen molar-refractivity contribution in [2.45, 2.75) is 19.0 Å². The predicted molar refractivity (Wildman–Crippen MR) is 67.3 cm³/mol. The summed E-state index contributed by atoms with van der Waals surface area (Å²) in [4.78, 5) is 18.5. The van der Waals surface area contributed by atoms with Crippen LogP contribution in [0.1, 0.15) is 23.5 Å². The lowest BCUT2D eigenvalue weighted by Gasteiger charge is -2.10. The van der Waals surface area contributed by atoms with Crippen molar-refractivity contribution in [3.8, 4) is 5.88 Å². The standard InChI is InChI=1S/C13H11F3N2O3/c14-13(15,16)6-3-7-21-11-8-4-1-2-5-9(8)17-10(18-11)12(19)20/h1-2,4-5H,3,6-7H2,(H,19,20). The third kappa shape index (κ3) is 4.04. The zero-order chi connectivity index (χ0) is 15.5. The summed E-state index contributed by atoms with van der Waals surface area (Å²) in [7, 11) is 0. The number of aromatic nitrogens is 2. The lowest BCUT2D eigenvalue weighted by Crippen LogP contribution is -2.11. The Bertz CT molecular complexity index is 659. The Kier molecular flexibility index (Phi) is 4.25. The number of rotatable bonds is 5. The molecule has 1 aromatic carbocycles. The van der Waals surface area contributed by atoms with E-state index in [9.17, 15) is 18.0 Å². The number of hydrogen-bond donors (Lipinski definition) is 1. The molecule has 0 bridgehead atoms. The van der Waals surface area contributed by atoms with E-state index >= 15 is 0 Å². The number of aromatic carboxylic acids is 1. The van der Waals surface area contributed by atoms with Crippen LogP contribution in [-0.4, -0.2) is 33.8 Å². The molecule has 0 amide bonds. The number of hydrogen-bond acceptors (Lipinski definition) is 4. The molecule has 8 heteroatoms. The van der Waals surface area contributed by atoms with Crippen LogP contribution < -0.4 is 4.74 Å². The maximum Gasteiger partial charge on any atom is 0.389 e. The molecule has 0 aliphatic carbocycles. The molecule has 0 aliphatic heterocycles. The van der Waals surface area contributed by atoms with Gasteiger partial charge in [0.05, 0.1) is 17.5 Å². The minimum Gasteiger partial charge on any atom is -0.477 e. The highest BCUT2D eigenvalue weighted by Crippen LogP contribution is 2.24. The van der Waals surface area contributed by atoms with Gasteiger partial charge < -0.3 is 9.84 Å². The molecule has 0 fully saturated rings. The van der Waals surface area contributed by atoms with Crippen LogP contribution in [0, 0.1) is 0 Å². The highest BCUT2D eigenvalue weighted by atomic mass is 19.4. The average Bonchev–Trinajstić information content (AvgIpc) is 2.42. The van der Waals surface area contributed by atoms with Crippen LogP contribution in [0.3, 0.4) is 0 Å². The van der Waals surface area contributed by atoms with E-state index in [0.717, 1.165) is 0 Å². The summed E-state index contributed by atoms with van der Waals surface area (Å²) >= 11 is 0. The Morgan fingerprint density at radius 1 is 1.24 bits per heavy atom. The molecule has 1 heterocycles. The number of halogens is 3. The van der Waals surface area contributed by atoms with Gasteiger partial charge in [-0.05, 0) is 18.6 Å². The Morgan fingerprint density at radius 2 is 1.95 bits per heavy atom. The molecule has 2 aromatic rings. The number of ether oxygens (including phenoxy) is 1. The molecule has 1 aromatic heterocycles. The van der Waals surface area contributed by atoms with Gasteiger partial charge in [0.15, 0.2) is 0 Å². The first-order chi connectivity index (χ1) is 9.87. The third-order valence-electron chi connectivity index (χ3n) is 2.60. The summed E-state index contributed by atoms with van der Waals surface area (Å²) in [6.07, 6.45) is -5.45. The molecular formula is C13H11F3N2O3. The van der Waals surface area contributed by atoms with Gasteiger partial charge in [-0.3, -0.25) is 0 Å². The fraction of sp³-hybridized carbons (Fsp3) is 0.308. The summed E-state index contributed by atoms with van der Waals surface area (Å²) in [6, 6.07) is 6.52. The molecule has 2 rings (SSSR count). The van der Waals surface area contributed by atoms with Crippen LogP contribution in [0.5, 0.6) is 5.88 Å². The minimum atomic E-state index is -4.25. The zero-order valence-electron chi connectivity index (χ0n) is 10.7. The maximum absolute atomic E-state index is 12.0. The molecule has 112 valence electrons. The molecule has 5 nitrogen and oxygen atoms in total. The van der Waals surface area contributed by atoms with Crippen molar-refractivity contribution in [2.75, 3.05) is 6.61 Å². The fourth-order valence-corrected chi connectivity index (χ4v) is 1.69. The third-order valence-corrected chi connectivity index (χ3v) is 2.60. The van der Waals surface area contributed by atoms with Crippen LogP contribution in [-0.2, 0) is 0 Å². The number of carbonyl (C=O) groups is 1. The molecule has 0 unspecified atom stereocenters. The van der Waals surface area contributed by atoms with E-state index in [0.29, 0.717) is 10.9 Å². The lowest BCUT2D eigenvalue weighted by molar-refractivity contribution is -0.136. The van der Waals surface area contributed by atoms with Crippen LogP contribution in [0.2, 0.25) is 0 Å². The van der Waals surface area contributed by atoms with Gasteiger partial charge in [0.25, 0.3) is 0 Å². The van der Waals surface area contributed by atoms with Crippen molar-refractivity contribution in [1.29, 1.82) is 0 Å². The quantitative estimate of drug-likeness (QED) is 0.859. The Labute approximate surface area is 117 Å². The highest BCUT2D eigenvalue weighted by molar-refractivity contribution is 5.89. The van der Waals surface area contributed by atoms with Gasteiger partial charge in [0.2, 0.25) is 11.7 Å². The summed E-state index contributed by atoms with van der Waals surface area (Å²) in [5.41, 5.74) is 0.357. The summed E-state index contributed by atoms with van der Waals surface area (Å²) in [6.45, 7) is -0.209. The van der Waals surface area contributed by atoms with Gasteiger partial charge in [-0.1, -0.05) is 12.1 Å². The topological polar surface area (TPSA) is 72.3 Å². The van der Waals surface area contributed by atoms with Gasteiger partial charge in [-0.25, -0.2) is 9.78 Å². The Morgan fingerprint density at radius 3 is 2.62 bits per heavy atom. The largest absolute Gasteiger partial charge is 0.477 e. The second-order valence-electron chi connectivity index (χ2n) is 4.24. The average molecular weight is 300 g/mol. The molecule has 0 spiro atoms. The van der Waals surface area contributed by atoms with Crippen LogP contribution in [0.25, 0.3) is 10.9 Å². The first-order valence-electron chi connectivity index (χ1n) is 6.06. The smallest absolute Gasteiger partial charge is 0.389 e. The van der Waals surface area contributed by atoms with Crippen molar-refractivity contribution < 1.29 is 27.8 Å². The number of carboxylic acids is 1. The lowest BCUT2D eigenvalue weighted by atomic mass is 10.2. The molecule has 0 aliphatic rings. The Hall–Kier alpha value is -2.38. The van der Waals surface area contributed by atoms with E-state index in [1.54, 1.807) is 24.3 Å². The number of para-hydroxylation sites is 1. The number of benzene rings is 1. The van der Waals surface area contributed by atoms with Crippen LogP contribution in [0.4, 0.5) is 13.2 Å². The van der Waals surface area contributed by atoms with E-state index in [-0.39, 0.29) is 18.9 Å². The number of nitrogens with zero attached hydrogens (tertiary/aromatic N) is 2. The summed E-state index contributed by atoms with van der Waals surface area (Å²) in [5.74, 6) is -1.82. The van der Waals surface area contributed by atoms with E-state index in [2.05, 4.69) is 9.97 Å². The second kappa shape index (κ2) is 5.94. The monoisotopic (exact) mass is 300 g/mol. The molecule has 0 saturated heterocycles. The van der Waals surface area contributed by atoms with Crippen LogP contribution >= 0.6 is 0 Å². The van der Waals surface area contributed by atoms with Gasteiger partial charge in [0, 0.05) is 6.42 Å². The van der Waals surface area contributed by atoms with Gasteiger partial charge in [-0.15, -0.1) is 0 Å². The van der Waals surface area contributed by atoms with Gasteiger partial charge >= 0.3 is 12.1 Å². The second-order valence-corrected chi connectivity index (χ2v) is 4.24. The van der Waals surface area contributed by atoms with Crippen LogP contribution in [0.15, 0.2) is 24.3 Å². The molecule has 1 N–H and O–H groups in total. The van der Waals surface area contributed by atoms with E-state index in [4.69, 9.17) is 9.84 Å². The number of carboxylic acid groups (broad SMARTS) is 1. The van der Waals surface area contributed by atoms with Crippen molar-refractivity contribution in [3.05, 3.63) is 30.1 Å². The SMILES string of the molecule is O=C(O)c1nc(OCCCC(F)(F)F)c2ccccc2n1. The number of alkyl halides is 3. The minimum absolute atomic E-state index is 0.0276. The highest BCUT2D eigenvalue weighted by Gasteiger charge is 2.26. The first kappa shape index (κ1) is 15.0. The van der Waals surface area contributed by atoms with E-state index in [1.807, 2.05) is 0 Å². The zero-order valence-corrected chi connectivity index (χ0v) is 10.7. The number of fused-ring (bicyclic) bond motifs is 1. The van der Waals surface area contributed by atoms with Crippen molar-refractivity contribution in [1.82, 2.24) is 9.97 Å². The Balaban J connectivity index is 2.19. The predicted octanol–water partition coefficient (Wildman–Crippen LogP) is 3.05. The molecular weight excluding hydrogens is 289 g/mol. The van der Waals surface area contributed by atoms with Gasteiger partial charge in [0.1, 0.15) is 0 Å². The normalized spacial score (nSPS) is 11.6. The molecule has 0 saturated carbocycles. The van der Waals surface area contributed by atoms with E-state index in [1.165, 1.54) is 0 Å². The molecule has 21 heavy (non-hydrogen) atoms. The fourth-order valence-electron chi connectivity index (χ4n) is 1.69. The summed E-state index contributed by atoms with van der Waals surface area (Å²) < 4.78 is 41.3. The van der Waals surface area contributed by atoms with Crippen molar-refractivity contribution in [3.63, 3.8) is 0 Å². The maximum atomic E-state index is 12.0. The summed E-state index contributed by atoms with van der Waals surface area (Å²) in [5, 5.41) is 9.37. The molecule has 0 atom stereocenters. The van der Waals surface area contributed by atoms with Crippen molar-refractivity contribution in [2.24, 2.45) is 0 Å². The van der Waals surface area contributed by atoms with Gasteiger partial charge in [-0.2, -0.15) is 18.2 Å². The van der Waals surface area contributed by atoms with Crippen molar-refractivity contribution >= 4 is 16.9 Å². The first-order valence-corrected chi connectivity index (χ1v) is 6.06. The van der Waals surface area contributed by atoms with E-state index < -0.39 is 24.4 Å². The molecule has 0 radical (unpaired) electrons.